The van der Waals surface area contributed by atoms with Crippen LogP contribution in [-0.4, -0.2) is 94.8 Å². The molecule has 0 unspecified atom stereocenters. The molecule has 3 aliphatic carbocycles. The van der Waals surface area contributed by atoms with Crippen molar-refractivity contribution in [1.29, 1.82) is 5.41 Å². The lowest BCUT2D eigenvalue weighted by Crippen LogP contribution is -2.67. The third-order valence-corrected chi connectivity index (χ3v) is 7.99. The van der Waals surface area contributed by atoms with Crippen LogP contribution in [0.25, 0.3) is 5.76 Å². The van der Waals surface area contributed by atoms with Crippen molar-refractivity contribution in [1.82, 2.24) is 4.90 Å². The zero-order chi connectivity index (χ0) is 26.1. The number of ether oxygens (including phenoxy) is 1. The van der Waals surface area contributed by atoms with E-state index in [-0.39, 0.29) is 23.3 Å². The number of Topliss-reactive ketones (excluding diaryl/α,β-unsaturated/α-hetero) is 1. The molecule has 1 aromatic carbocycles. The van der Waals surface area contributed by atoms with Crippen molar-refractivity contribution >= 4 is 28.8 Å². The first-order valence-electron chi connectivity index (χ1n) is 11.9. The summed E-state index contributed by atoms with van der Waals surface area (Å²) >= 11 is 0. The summed E-state index contributed by atoms with van der Waals surface area (Å²) in [4.78, 5) is 29.7. The molecule has 1 aromatic rings. The summed E-state index contributed by atoms with van der Waals surface area (Å²) in [6.45, 7) is 2.35. The molecule has 11 heteroatoms. The number of aliphatic hydroxyl groups is 3. The van der Waals surface area contributed by atoms with Gasteiger partial charge in [-0.05, 0) is 50.6 Å². The van der Waals surface area contributed by atoms with Gasteiger partial charge < -0.3 is 41.2 Å². The molecule has 1 saturated carbocycles. The fourth-order valence-electron chi connectivity index (χ4n) is 6.38. The number of hydrogen-bond donors (Lipinski definition) is 6. The highest BCUT2D eigenvalue weighted by molar-refractivity contribution is 6.33. The molecule has 5 rings (SSSR count). The highest BCUT2D eigenvalue weighted by atomic mass is 16.5. The molecule has 0 aromatic heterocycles. The number of benzene rings is 1. The Morgan fingerprint density at radius 3 is 2.50 bits per heavy atom. The number of aliphatic hydroxyl groups excluding tert-OH is 2. The number of morpholine rings is 1. The second kappa shape index (κ2) is 8.32. The Morgan fingerprint density at radius 1 is 1.22 bits per heavy atom. The molecule has 0 radical (unpaired) electrons. The number of hydrogen-bond acceptors (Lipinski definition) is 10. The largest absolute Gasteiger partial charge is 0.510 e. The Bertz CT molecular complexity index is 1250. The molecule has 0 bridgehead atoms. The number of nitrogens with one attached hydrogen (secondary N) is 1. The van der Waals surface area contributed by atoms with Crippen molar-refractivity contribution in [2.24, 2.45) is 17.6 Å². The minimum atomic E-state index is -2.49. The maximum absolute atomic E-state index is 13.9. The standard InChI is InChI=1S/C25H30N4O7/c1-28(2)19-13-10-11-9-12-14(29-5-7-36-8-6-29)3-4-15(30)17(12)20(31)16(11)23(33)25(13,35)22(26)18(21(19)32)24(27)34/h3-4,11,13,19,26,30-32,35H,5-10H2,1-2H3,(H2,27,34)/t11-,13-,19+,25+/m0/s1. The zero-order valence-corrected chi connectivity index (χ0v) is 20.1. The van der Waals surface area contributed by atoms with E-state index in [0.717, 1.165) is 5.69 Å². The average molecular weight is 499 g/mol. The molecule has 1 amide bonds. The Balaban J connectivity index is 1.68. The predicted molar refractivity (Wildman–Crippen MR) is 130 cm³/mol. The van der Waals surface area contributed by atoms with Gasteiger partial charge in [0.2, 0.25) is 5.78 Å². The minimum Gasteiger partial charge on any atom is -0.510 e. The summed E-state index contributed by atoms with van der Waals surface area (Å²) in [6.07, 6.45) is 0.440. The Hall–Kier alpha value is -3.41. The number of nitrogens with two attached hydrogens (primary N) is 1. The number of primary amides is 1. The molecule has 0 spiro atoms. The molecular weight excluding hydrogens is 468 g/mol. The molecule has 4 atom stereocenters. The summed E-state index contributed by atoms with van der Waals surface area (Å²) in [5.41, 5.74) is 3.09. The quantitative estimate of drug-likeness (QED) is 0.340. The van der Waals surface area contributed by atoms with E-state index in [9.17, 15) is 30.0 Å². The fourth-order valence-corrected chi connectivity index (χ4v) is 6.38. The normalized spacial score (nSPS) is 30.3. The van der Waals surface area contributed by atoms with E-state index in [1.165, 1.54) is 6.07 Å². The van der Waals surface area contributed by atoms with E-state index in [4.69, 9.17) is 15.9 Å². The molecule has 1 aliphatic heterocycles. The lowest BCUT2D eigenvalue weighted by Gasteiger charge is -2.51. The number of phenols is 1. The van der Waals surface area contributed by atoms with Gasteiger partial charge in [0.15, 0.2) is 5.60 Å². The first kappa shape index (κ1) is 24.3. The predicted octanol–water partition coefficient (Wildman–Crippen LogP) is 0.251. The smallest absolute Gasteiger partial charge is 0.254 e. The third kappa shape index (κ3) is 3.19. The molecule has 11 nitrogen and oxygen atoms in total. The number of phenolic OH excluding ortho intramolecular Hbond substituents is 1. The van der Waals surface area contributed by atoms with Gasteiger partial charge in [0.25, 0.3) is 5.91 Å². The SMILES string of the molecule is CN(C)[C@H]1C(O)=C(C(N)=O)C(=N)[C@@]2(O)C(=O)C3=C(O)c4c(O)ccc(N5CCOCC5)c4C[C@H]3C[C@@H]12. The number of anilines is 1. The molecule has 192 valence electrons. The number of aromatic hydroxyl groups is 1. The van der Waals surface area contributed by atoms with Crippen molar-refractivity contribution in [2.75, 3.05) is 45.3 Å². The number of nitrogens with zero attached hydrogens (tertiary/aromatic N) is 2. The molecule has 1 heterocycles. The van der Waals surface area contributed by atoms with Crippen LogP contribution in [0.3, 0.4) is 0 Å². The maximum Gasteiger partial charge on any atom is 0.254 e. The van der Waals surface area contributed by atoms with Crippen LogP contribution in [0.15, 0.2) is 29.0 Å². The minimum absolute atomic E-state index is 0.0943. The molecule has 7 N–H and O–H groups in total. The van der Waals surface area contributed by atoms with Gasteiger partial charge in [-0.3, -0.25) is 14.5 Å². The van der Waals surface area contributed by atoms with Crippen LogP contribution in [0.5, 0.6) is 5.75 Å². The van der Waals surface area contributed by atoms with Crippen LogP contribution in [-0.2, 0) is 20.7 Å². The summed E-state index contributed by atoms with van der Waals surface area (Å²) in [6, 6.07) is 2.29. The van der Waals surface area contributed by atoms with Gasteiger partial charge >= 0.3 is 0 Å². The number of likely N-dealkylation sites (N-methyl/N-ethyl adjacent to an activating group) is 1. The topological polar surface area (TPSA) is 181 Å². The molecular formula is C25H30N4O7. The number of amides is 1. The van der Waals surface area contributed by atoms with Crippen LogP contribution in [0.4, 0.5) is 5.69 Å². The summed E-state index contributed by atoms with van der Waals surface area (Å²) in [5, 5.41) is 53.2. The van der Waals surface area contributed by atoms with Crippen molar-refractivity contribution in [3.8, 4) is 5.75 Å². The van der Waals surface area contributed by atoms with Crippen LogP contribution < -0.4 is 10.6 Å². The summed E-state index contributed by atoms with van der Waals surface area (Å²) in [5.74, 6) is -4.68. The lowest BCUT2D eigenvalue weighted by atomic mass is 9.56. The van der Waals surface area contributed by atoms with Gasteiger partial charge in [-0.25, -0.2) is 0 Å². The van der Waals surface area contributed by atoms with E-state index < -0.39 is 58.0 Å². The highest BCUT2D eigenvalue weighted by Gasteiger charge is 2.63. The average Bonchev–Trinajstić information content (AvgIpc) is 2.81. The summed E-state index contributed by atoms with van der Waals surface area (Å²) < 4.78 is 5.45. The number of carbonyl (C=O) groups is 2. The molecule has 2 fully saturated rings. The Labute approximate surface area is 207 Å². The van der Waals surface area contributed by atoms with E-state index in [1.807, 2.05) is 0 Å². The van der Waals surface area contributed by atoms with E-state index in [1.54, 1.807) is 25.1 Å². The van der Waals surface area contributed by atoms with Gasteiger partial charge in [0.1, 0.15) is 22.8 Å². The first-order valence-corrected chi connectivity index (χ1v) is 11.9. The van der Waals surface area contributed by atoms with Gasteiger partial charge in [-0.15, -0.1) is 0 Å². The first-order chi connectivity index (χ1) is 17.0. The number of carbonyl (C=O) groups excluding carboxylic acids is 2. The van der Waals surface area contributed by atoms with Gasteiger partial charge in [0.05, 0.1) is 30.5 Å². The highest BCUT2D eigenvalue weighted by Crippen LogP contribution is 2.53. The number of rotatable bonds is 3. The molecule has 1 saturated heterocycles. The molecule has 36 heavy (non-hydrogen) atoms. The van der Waals surface area contributed by atoms with Crippen LogP contribution in [0.2, 0.25) is 0 Å². The van der Waals surface area contributed by atoms with Gasteiger partial charge in [-0.1, -0.05) is 0 Å². The monoisotopic (exact) mass is 498 g/mol. The second-order valence-electron chi connectivity index (χ2n) is 10.1. The lowest BCUT2D eigenvalue weighted by molar-refractivity contribution is -0.138. The molecule has 4 aliphatic rings. The Morgan fingerprint density at radius 2 is 1.89 bits per heavy atom. The second-order valence-corrected chi connectivity index (χ2v) is 10.1. The number of fused-ring (bicyclic) bond motifs is 3. The van der Waals surface area contributed by atoms with Crippen LogP contribution >= 0.6 is 0 Å². The van der Waals surface area contributed by atoms with Crippen molar-refractivity contribution in [3.05, 3.63) is 40.2 Å². The third-order valence-electron chi connectivity index (χ3n) is 7.99. The zero-order valence-electron chi connectivity index (χ0n) is 20.1. The van der Waals surface area contributed by atoms with Crippen molar-refractivity contribution in [2.45, 2.75) is 24.5 Å². The fraction of sp³-hybridized carbons (Fsp3) is 0.480. The van der Waals surface area contributed by atoms with Crippen LogP contribution in [0.1, 0.15) is 17.5 Å². The van der Waals surface area contributed by atoms with E-state index >= 15 is 0 Å². The maximum atomic E-state index is 13.9. The van der Waals surface area contributed by atoms with Gasteiger partial charge in [-0.2, -0.15) is 0 Å². The summed E-state index contributed by atoms with van der Waals surface area (Å²) in [7, 11) is 3.26. The van der Waals surface area contributed by atoms with E-state index in [2.05, 4.69) is 4.90 Å². The van der Waals surface area contributed by atoms with Crippen LogP contribution in [0, 0.1) is 17.2 Å². The van der Waals surface area contributed by atoms with E-state index in [0.29, 0.717) is 38.3 Å². The van der Waals surface area contributed by atoms with Crippen molar-refractivity contribution in [3.63, 3.8) is 0 Å². The Kier molecular flexibility index (Phi) is 5.62. The van der Waals surface area contributed by atoms with Crippen molar-refractivity contribution < 1.29 is 34.8 Å². The van der Waals surface area contributed by atoms with Gasteiger partial charge in [0, 0.05) is 30.3 Å². The number of ketones is 1.